The van der Waals surface area contributed by atoms with E-state index in [2.05, 4.69) is 19.1 Å². The number of hydrogen-bond acceptors (Lipinski definition) is 4. The molecule has 2 aromatic carbocycles. The molecule has 0 amide bonds. The highest BCUT2D eigenvalue weighted by molar-refractivity contribution is 5.62. The molecular formula is C20H20O4. The maximum absolute atomic E-state index is 6.27. The summed E-state index contributed by atoms with van der Waals surface area (Å²) in [4.78, 5) is 0. The Morgan fingerprint density at radius 3 is 2.75 bits per heavy atom. The largest absolute Gasteiger partial charge is 0.493 e. The highest BCUT2D eigenvalue weighted by atomic mass is 16.7. The molecule has 2 aromatic rings. The molecule has 0 radical (unpaired) electrons. The molecule has 2 aliphatic heterocycles. The molecule has 4 rings (SSSR count). The van der Waals surface area contributed by atoms with Gasteiger partial charge < -0.3 is 18.9 Å². The number of fused-ring (bicyclic) bond motifs is 2. The van der Waals surface area contributed by atoms with Gasteiger partial charge in [-0.05, 0) is 42.3 Å². The predicted molar refractivity (Wildman–Crippen MR) is 92.1 cm³/mol. The van der Waals surface area contributed by atoms with Crippen molar-refractivity contribution in [1.29, 1.82) is 0 Å². The number of rotatable bonds is 3. The second-order valence-corrected chi connectivity index (χ2v) is 6.08. The number of ether oxygens (including phenoxy) is 4. The van der Waals surface area contributed by atoms with Crippen molar-refractivity contribution in [2.45, 2.75) is 25.9 Å². The third-order valence-electron chi connectivity index (χ3n) is 4.60. The zero-order valence-corrected chi connectivity index (χ0v) is 14.0. The molecule has 0 aliphatic carbocycles. The van der Waals surface area contributed by atoms with Crippen molar-refractivity contribution in [2.75, 3.05) is 13.9 Å². The van der Waals surface area contributed by atoms with E-state index in [9.17, 15) is 0 Å². The zero-order valence-electron chi connectivity index (χ0n) is 14.0. The lowest BCUT2D eigenvalue weighted by Crippen LogP contribution is -2.07. The minimum atomic E-state index is -0.0655. The van der Waals surface area contributed by atoms with Gasteiger partial charge in [-0.15, -0.1) is 0 Å². The number of methoxy groups -OCH3 is 1. The fourth-order valence-electron chi connectivity index (χ4n) is 3.39. The normalized spacial score (nSPS) is 21.0. The molecule has 4 heteroatoms. The van der Waals surface area contributed by atoms with Gasteiger partial charge in [0, 0.05) is 11.5 Å². The Kier molecular flexibility index (Phi) is 3.60. The van der Waals surface area contributed by atoms with Crippen LogP contribution in [-0.4, -0.2) is 13.9 Å². The summed E-state index contributed by atoms with van der Waals surface area (Å²) in [5, 5.41) is 0. The summed E-state index contributed by atoms with van der Waals surface area (Å²) in [7, 11) is 1.68. The van der Waals surface area contributed by atoms with Crippen molar-refractivity contribution in [3.8, 4) is 23.0 Å². The first-order chi connectivity index (χ1) is 11.7. The van der Waals surface area contributed by atoms with Crippen LogP contribution in [0.3, 0.4) is 0 Å². The standard InChI is InChI=1S/C20H20O4/c1-4-5-13-8-15-12(2)19(24-20(15)18(9-13)21-3)14-6-7-16-17(10-14)23-11-22-16/h4-10,12,19H,11H2,1-3H3/b5-4-. The van der Waals surface area contributed by atoms with Crippen LogP contribution >= 0.6 is 0 Å². The minimum absolute atomic E-state index is 0.0655. The van der Waals surface area contributed by atoms with Crippen LogP contribution < -0.4 is 18.9 Å². The van der Waals surface area contributed by atoms with E-state index < -0.39 is 0 Å². The van der Waals surface area contributed by atoms with E-state index in [4.69, 9.17) is 18.9 Å². The van der Waals surface area contributed by atoms with Crippen molar-refractivity contribution >= 4 is 6.08 Å². The molecule has 0 aromatic heterocycles. The second-order valence-electron chi connectivity index (χ2n) is 6.08. The Hall–Kier alpha value is -2.62. The van der Waals surface area contributed by atoms with Gasteiger partial charge in [-0.2, -0.15) is 0 Å². The van der Waals surface area contributed by atoms with Gasteiger partial charge in [-0.25, -0.2) is 0 Å². The van der Waals surface area contributed by atoms with Crippen LogP contribution in [0.1, 0.15) is 42.6 Å². The fraction of sp³-hybridized carbons (Fsp3) is 0.300. The third kappa shape index (κ3) is 2.30. The lowest BCUT2D eigenvalue weighted by Gasteiger charge is -2.16. The van der Waals surface area contributed by atoms with Gasteiger partial charge >= 0.3 is 0 Å². The first-order valence-electron chi connectivity index (χ1n) is 8.12. The lowest BCUT2D eigenvalue weighted by molar-refractivity contribution is 0.173. The monoisotopic (exact) mass is 324 g/mol. The van der Waals surface area contributed by atoms with Crippen LogP contribution in [0.4, 0.5) is 0 Å². The van der Waals surface area contributed by atoms with Gasteiger partial charge in [0.05, 0.1) is 7.11 Å². The molecule has 0 saturated carbocycles. The van der Waals surface area contributed by atoms with Crippen LogP contribution in [0.2, 0.25) is 0 Å². The molecule has 0 N–H and O–H groups in total. The first kappa shape index (κ1) is 14.9. The average Bonchev–Trinajstić information content (AvgIpc) is 3.19. The third-order valence-corrected chi connectivity index (χ3v) is 4.60. The molecule has 2 heterocycles. The van der Waals surface area contributed by atoms with Crippen molar-refractivity contribution in [1.82, 2.24) is 0 Å². The Morgan fingerprint density at radius 1 is 1.12 bits per heavy atom. The van der Waals surface area contributed by atoms with Crippen LogP contribution in [-0.2, 0) is 0 Å². The van der Waals surface area contributed by atoms with E-state index in [-0.39, 0.29) is 18.8 Å². The van der Waals surface area contributed by atoms with Gasteiger partial charge in [-0.3, -0.25) is 0 Å². The van der Waals surface area contributed by atoms with Crippen molar-refractivity contribution in [2.24, 2.45) is 0 Å². The first-order valence-corrected chi connectivity index (χ1v) is 8.12. The Morgan fingerprint density at radius 2 is 1.96 bits per heavy atom. The topological polar surface area (TPSA) is 36.9 Å². The molecule has 0 spiro atoms. The molecule has 0 fully saturated rings. The minimum Gasteiger partial charge on any atom is -0.493 e. The van der Waals surface area contributed by atoms with Gasteiger partial charge in [0.1, 0.15) is 6.10 Å². The zero-order chi connectivity index (χ0) is 16.7. The molecule has 2 unspecified atom stereocenters. The molecule has 2 atom stereocenters. The van der Waals surface area contributed by atoms with Gasteiger partial charge in [0.15, 0.2) is 23.0 Å². The molecule has 2 aliphatic rings. The average molecular weight is 324 g/mol. The molecule has 4 nitrogen and oxygen atoms in total. The molecule has 124 valence electrons. The quantitative estimate of drug-likeness (QED) is 0.820. The molecular weight excluding hydrogens is 304 g/mol. The van der Waals surface area contributed by atoms with E-state index in [1.54, 1.807) is 7.11 Å². The summed E-state index contributed by atoms with van der Waals surface area (Å²) in [6, 6.07) is 10.2. The lowest BCUT2D eigenvalue weighted by atomic mass is 9.91. The number of allylic oxidation sites excluding steroid dienone is 1. The van der Waals surface area contributed by atoms with Crippen LogP contribution in [0.15, 0.2) is 36.4 Å². The van der Waals surface area contributed by atoms with Gasteiger partial charge in [-0.1, -0.05) is 25.1 Å². The molecule has 0 bridgehead atoms. The summed E-state index contributed by atoms with van der Waals surface area (Å²) in [6.07, 6.45) is 4.03. The second kappa shape index (κ2) is 5.78. The maximum atomic E-state index is 6.27. The van der Waals surface area contributed by atoms with Crippen LogP contribution in [0.25, 0.3) is 6.08 Å². The smallest absolute Gasteiger partial charge is 0.231 e. The highest BCUT2D eigenvalue weighted by Gasteiger charge is 2.35. The SMILES string of the molecule is C/C=C\c1cc(OC)c2c(c1)C(C)C(c1ccc3c(c1)OCO3)O2. The van der Waals surface area contributed by atoms with E-state index in [0.29, 0.717) is 0 Å². The van der Waals surface area contributed by atoms with E-state index in [0.717, 1.165) is 34.1 Å². The van der Waals surface area contributed by atoms with Crippen molar-refractivity contribution in [3.05, 3.63) is 53.1 Å². The summed E-state index contributed by atoms with van der Waals surface area (Å²) in [5.41, 5.74) is 3.37. The molecule has 24 heavy (non-hydrogen) atoms. The highest BCUT2D eigenvalue weighted by Crippen LogP contribution is 2.51. The number of benzene rings is 2. The fourth-order valence-corrected chi connectivity index (χ4v) is 3.39. The van der Waals surface area contributed by atoms with E-state index >= 15 is 0 Å². The summed E-state index contributed by atoms with van der Waals surface area (Å²) >= 11 is 0. The Bertz CT molecular complexity index is 810. The van der Waals surface area contributed by atoms with Crippen molar-refractivity contribution < 1.29 is 18.9 Å². The van der Waals surface area contributed by atoms with Gasteiger partial charge in [0.2, 0.25) is 6.79 Å². The van der Waals surface area contributed by atoms with E-state index in [1.165, 1.54) is 5.56 Å². The van der Waals surface area contributed by atoms with Crippen LogP contribution in [0, 0.1) is 0 Å². The summed E-state index contributed by atoms with van der Waals surface area (Å²) in [5.74, 6) is 3.40. The van der Waals surface area contributed by atoms with Crippen molar-refractivity contribution in [3.63, 3.8) is 0 Å². The molecule has 0 saturated heterocycles. The predicted octanol–water partition coefficient (Wildman–Crippen LogP) is 4.69. The maximum Gasteiger partial charge on any atom is 0.231 e. The van der Waals surface area contributed by atoms with Crippen LogP contribution in [0.5, 0.6) is 23.0 Å². The Labute approximate surface area is 141 Å². The van der Waals surface area contributed by atoms with E-state index in [1.807, 2.05) is 37.3 Å². The summed E-state index contributed by atoms with van der Waals surface area (Å²) in [6.45, 7) is 4.47. The summed E-state index contributed by atoms with van der Waals surface area (Å²) < 4.78 is 22.7. The number of hydrogen-bond donors (Lipinski definition) is 0. The van der Waals surface area contributed by atoms with Gasteiger partial charge in [0.25, 0.3) is 0 Å². The Balaban J connectivity index is 1.73.